The van der Waals surface area contributed by atoms with Crippen LogP contribution in [0.3, 0.4) is 0 Å². The van der Waals surface area contributed by atoms with Gasteiger partial charge in [-0.3, -0.25) is 14.2 Å². The van der Waals surface area contributed by atoms with Crippen LogP contribution in [-0.4, -0.2) is 26.8 Å². The number of aryl methyl sites for hydroxylation is 1. The Balaban J connectivity index is 1.59. The summed E-state index contributed by atoms with van der Waals surface area (Å²) in [6.45, 7) is 4.04. The standard InChI is InChI=1S/C25H28FN3O2S2/c1-14-11-12-17-20(13-14)33-23-21(17)24(31)29(19-10-6-5-9-18(19)26)25(28-23)32-15(2)22(30)27-16-7-3-4-8-16/h5-6,9-10,14-16H,3-4,7-8,11-13H2,1-2H3,(H,27,30). The molecule has 1 aromatic carbocycles. The molecule has 33 heavy (non-hydrogen) atoms. The summed E-state index contributed by atoms with van der Waals surface area (Å²) in [4.78, 5) is 33.4. The Labute approximate surface area is 200 Å². The van der Waals surface area contributed by atoms with E-state index in [4.69, 9.17) is 4.98 Å². The molecule has 0 saturated heterocycles. The SMILES string of the molecule is CC1CCc2c(sc3nc(SC(C)C(=O)NC4CCCC4)n(-c4ccccc4F)c(=O)c23)C1. The van der Waals surface area contributed by atoms with Gasteiger partial charge in [-0.05, 0) is 62.6 Å². The number of carbonyl (C=O) groups excluding carboxylic acids is 1. The summed E-state index contributed by atoms with van der Waals surface area (Å²) in [5, 5.41) is 3.63. The van der Waals surface area contributed by atoms with Crippen molar-refractivity contribution in [2.24, 2.45) is 5.92 Å². The van der Waals surface area contributed by atoms with Gasteiger partial charge in [0.05, 0.1) is 16.3 Å². The lowest BCUT2D eigenvalue weighted by atomic mass is 9.89. The Bertz CT molecular complexity index is 1260. The van der Waals surface area contributed by atoms with E-state index in [1.807, 2.05) is 6.92 Å². The number of nitrogens with one attached hydrogen (secondary N) is 1. The number of halogens is 1. The van der Waals surface area contributed by atoms with Crippen molar-refractivity contribution in [1.82, 2.24) is 14.9 Å². The van der Waals surface area contributed by atoms with E-state index in [0.717, 1.165) is 50.5 Å². The van der Waals surface area contributed by atoms with Crippen molar-refractivity contribution >= 4 is 39.2 Å². The second-order valence-electron chi connectivity index (χ2n) is 9.27. The van der Waals surface area contributed by atoms with Crippen LogP contribution in [0, 0.1) is 11.7 Å². The molecule has 2 aliphatic rings. The lowest BCUT2D eigenvalue weighted by molar-refractivity contribution is -0.120. The highest BCUT2D eigenvalue weighted by molar-refractivity contribution is 8.00. The summed E-state index contributed by atoms with van der Waals surface area (Å²) in [5.74, 6) is 0.0246. The number of hydrogen-bond donors (Lipinski definition) is 1. The molecular formula is C25H28FN3O2S2. The molecule has 174 valence electrons. The zero-order valence-electron chi connectivity index (χ0n) is 18.9. The van der Waals surface area contributed by atoms with Crippen molar-refractivity contribution in [1.29, 1.82) is 0 Å². The highest BCUT2D eigenvalue weighted by Gasteiger charge is 2.28. The predicted molar refractivity (Wildman–Crippen MR) is 132 cm³/mol. The molecule has 2 atom stereocenters. The molecule has 3 aromatic rings. The molecule has 2 aromatic heterocycles. The first-order valence-corrected chi connectivity index (χ1v) is 13.4. The van der Waals surface area contributed by atoms with E-state index in [-0.39, 0.29) is 23.2 Å². The number of carbonyl (C=O) groups is 1. The molecule has 2 aliphatic carbocycles. The maximum Gasteiger partial charge on any atom is 0.267 e. The molecule has 5 rings (SSSR count). The van der Waals surface area contributed by atoms with E-state index in [9.17, 15) is 14.0 Å². The molecule has 0 spiro atoms. The van der Waals surface area contributed by atoms with Crippen molar-refractivity contribution in [3.05, 3.63) is 50.9 Å². The van der Waals surface area contributed by atoms with E-state index in [0.29, 0.717) is 21.3 Å². The first-order valence-electron chi connectivity index (χ1n) is 11.7. The first kappa shape index (κ1) is 22.6. The molecule has 1 amide bonds. The van der Waals surface area contributed by atoms with Crippen LogP contribution in [0.4, 0.5) is 4.39 Å². The van der Waals surface area contributed by atoms with Gasteiger partial charge in [-0.2, -0.15) is 0 Å². The number of rotatable bonds is 5. The van der Waals surface area contributed by atoms with Gasteiger partial charge in [-0.1, -0.05) is 43.7 Å². The Kier molecular flexibility index (Phi) is 6.31. The summed E-state index contributed by atoms with van der Waals surface area (Å²) in [6, 6.07) is 6.48. The van der Waals surface area contributed by atoms with Gasteiger partial charge in [0.25, 0.3) is 5.56 Å². The van der Waals surface area contributed by atoms with Gasteiger partial charge in [-0.25, -0.2) is 9.37 Å². The molecule has 5 nitrogen and oxygen atoms in total. The van der Waals surface area contributed by atoms with Gasteiger partial charge in [0, 0.05) is 10.9 Å². The quantitative estimate of drug-likeness (QED) is 0.396. The largest absolute Gasteiger partial charge is 0.352 e. The van der Waals surface area contributed by atoms with Crippen LogP contribution in [-0.2, 0) is 17.6 Å². The molecule has 8 heteroatoms. The third-order valence-electron chi connectivity index (χ3n) is 6.74. The van der Waals surface area contributed by atoms with Gasteiger partial charge in [-0.15, -0.1) is 11.3 Å². The second kappa shape index (κ2) is 9.22. The monoisotopic (exact) mass is 485 g/mol. The van der Waals surface area contributed by atoms with Crippen LogP contribution in [0.5, 0.6) is 0 Å². The molecule has 0 bridgehead atoms. The van der Waals surface area contributed by atoms with E-state index in [1.165, 1.54) is 27.3 Å². The Morgan fingerprint density at radius 1 is 1.27 bits per heavy atom. The van der Waals surface area contributed by atoms with Crippen molar-refractivity contribution in [3.8, 4) is 5.69 Å². The minimum absolute atomic E-state index is 0.0689. The fraction of sp³-hybridized carbons (Fsp3) is 0.480. The van der Waals surface area contributed by atoms with Crippen molar-refractivity contribution in [2.45, 2.75) is 75.2 Å². The highest BCUT2D eigenvalue weighted by Crippen LogP contribution is 2.37. The minimum atomic E-state index is -0.483. The van der Waals surface area contributed by atoms with Crippen LogP contribution in [0.15, 0.2) is 34.2 Å². The lowest BCUT2D eigenvalue weighted by Crippen LogP contribution is -2.38. The fourth-order valence-corrected chi connectivity index (χ4v) is 7.25. The number of thiophene rings is 1. The molecule has 2 heterocycles. The van der Waals surface area contributed by atoms with Crippen LogP contribution in [0.1, 0.15) is 56.4 Å². The van der Waals surface area contributed by atoms with Gasteiger partial charge in [0.2, 0.25) is 5.91 Å². The van der Waals surface area contributed by atoms with Crippen LogP contribution < -0.4 is 10.9 Å². The summed E-state index contributed by atoms with van der Waals surface area (Å²) in [5.41, 5.74) is 0.995. The first-order chi connectivity index (χ1) is 15.9. The Morgan fingerprint density at radius 2 is 2.03 bits per heavy atom. The smallest absolute Gasteiger partial charge is 0.267 e. The third-order valence-corrected chi connectivity index (χ3v) is 8.95. The zero-order chi connectivity index (χ0) is 23.1. The molecule has 1 fully saturated rings. The zero-order valence-corrected chi connectivity index (χ0v) is 20.5. The number of thioether (sulfide) groups is 1. The number of fused-ring (bicyclic) bond motifs is 3. The summed E-state index contributed by atoms with van der Waals surface area (Å²) in [7, 11) is 0. The Hall–Kier alpha value is -2.19. The molecule has 0 aliphatic heterocycles. The molecule has 0 radical (unpaired) electrons. The molecular weight excluding hydrogens is 457 g/mol. The van der Waals surface area contributed by atoms with Gasteiger partial charge in [0.1, 0.15) is 10.6 Å². The summed E-state index contributed by atoms with van der Waals surface area (Å²) < 4.78 is 16.2. The highest BCUT2D eigenvalue weighted by atomic mass is 32.2. The van der Waals surface area contributed by atoms with Gasteiger partial charge in [0.15, 0.2) is 5.16 Å². The lowest BCUT2D eigenvalue weighted by Gasteiger charge is -2.19. The average Bonchev–Trinajstić information content (AvgIpc) is 3.41. The van der Waals surface area contributed by atoms with E-state index in [1.54, 1.807) is 29.5 Å². The summed E-state index contributed by atoms with van der Waals surface area (Å²) >= 11 is 2.79. The van der Waals surface area contributed by atoms with Crippen molar-refractivity contribution in [3.63, 3.8) is 0 Å². The van der Waals surface area contributed by atoms with Crippen LogP contribution in [0.2, 0.25) is 0 Å². The second-order valence-corrected chi connectivity index (χ2v) is 11.7. The Morgan fingerprint density at radius 3 is 2.79 bits per heavy atom. The van der Waals surface area contributed by atoms with Crippen LogP contribution >= 0.6 is 23.1 Å². The normalized spacial score (nSPS) is 19.5. The number of para-hydroxylation sites is 1. The van der Waals surface area contributed by atoms with E-state index >= 15 is 0 Å². The molecule has 1 N–H and O–H groups in total. The van der Waals surface area contributed by atoms with Gasteiger partial charge < -0.3 is 5.32 Å². The van der Waals surface area contributed by atoms with E-state index < -0.39 is 11.1 Å². The number of nitrogens with zero attached hydrogens (tertiary/aromatic N) is 2. The average molecular weight is 486 g/mol. The maximum atomic E-state index is 14.8. The summed E-state index contributed by atoms with van der Waals surface area (Å²) in [6.07, 6.45) is 7.11. The maximum absolute atomic E-state index is 14.8. The third kappa shape index (κ3) is 4.35. The van der Waals surface area contributed by atoms with Crippen LogP contribution in [0.25, 0.3) is 15.9 Å². The van der Waals surface area contributed by atoms with E-state index in [2.05, 4.69) is 12.2 Å². The fourth-order valence-electron chi connectivity index (χ4n) is 4.90. The minimum Gasteiger partial charge on any atom is -0.352 e. The van der Waals surface area contributed by atoms with Gasteiger partial charge >= 0.3 is 0 Å². The van der Waals surface area contributed by atoms with Crippen molar-refractivity contribution < 1.29 is 9.18 Å². The number of aromatic nitrogens is 2. The predicted octanol–water partition coefficient (Wildman–Crippen LogP) is 5.25. The number of hydrogen-bond acceptors (Lipinski definition) is 5. The van der Waals surface area contributed by atoms with Crippen molar-refractivity contribution in [2.75, 3.05) is 0 Å². The topological polar surface area (TPSA) is 64.0 Å². The molecule has 2 unspecified atom stereocenters. The number of benzene rings is 1. The molecule has 1 saturated carbocycles. The number of amides is 1.